The molecule has 1 aromatic rings. The molecule has 1 fully saturated rings. The van der Waals surface area contributed by atoms with E-state index in [0.29, 0.717) is 5.69 Å². The Morgan fingerprint density at radius 1 is 1.21 bits per heavy atom. The summed E-state index contributed by atoms with van der Waals surface area (Å²) >= 11 is 0. The molecule has 2 aliphatic rings. The van der Waals surface area contributed by atoms with Crippen LogP contribution >= 0.6 is 0 Å². The Labute approximate surface area is 113 Å². The third-order valence-electron chi connectivity index (χ3n) is 4.68. The fourth-order valence-electron chi connectivity index (χ4n) is 3.65. The Kier molecular flexibility index (Phi) is 3.58. The monoisotopic (exact) mass is 262 g/mol. The smallest absolute Gasteiger partial charge is 0.356 e. The van der Waals surface area contributed by atoms with Crippen molar-refractivity contribution in [1.29, 1.82) is 0 Å². The molecule has 19 heavy (non-hydrogen) atoms. The van der Waals surface area contributed by atoms with E-state index in [4.69, 9.17) is 0 Å². The first kappa shape index (κ1) is 12.7. The first-order chi connectivity index (χ1) is 9.25. The second kappa shape index (κ2) is 5.35. The highest BCUT2D eigenvalue weighted by atomic mass is 16.4. The zero-order valence-electron chi connectivity index (χ0n) is 11.4. The second-order valence-electron chi connectivity index (χ2n) is 5.95. The summed E-state index contributed by atoms with van der Waals surface area (Å²) in [5, 5.41) is 13.5. The number of rotatable bonds is 4. The summed E-state index contributed by atoms with van der Waals surface area (Å²) < 4.78 is 1.99. The quantitative estimate of drug-likeness (QED) is 0.907. The minimum Gasteiger partial charge on any atom is -0.476 e. The molecular formula is C15H22N2O2. The van der Waals surface area contributed by atoms with Crippen LogP contribution in [0.4, 0.5) is 0 Å². The van der Waals surface area contributed by atoms with Gasteiger partial charge in [-0.1, -0.05) is 32.1 Å². The lowest BCUT2D eigenvalue weighted by Crippen LogP contribution is -2.12. The first-order valence-electron chi connectivity index (χ1n) is 7.57. The maximum absolute atomic E-state index is 11.2. The number of carboxylic acid groups (broad SMARTS) is 1. The van der Waals surface area contributed by atoms with Crippen molar-refractivity contribution in [2.45, 2.75) is 64.3 Å². The van der Waals surface area contributed by atoms with Crippen LogP contribution < -0.4 is 0 Å². The van der Waals surface area contributed by atoms with Gasteiger partial charge in [-0.2, -0.15) is 5.10 Å². The van der Waals surface area contributed by atoms with Crippen LogP contribution in [0.25, 0.3) is 0 Å². The summed E-state index contributed by atoms with van der Waals surface area (Å²) in [6.45, 7) is 0.903. The van der Waals surface area contributed by atoms with Gasteiger partial charge in [0.25, 0.3) is 0 Å². The van der Waals surface area contributed by atoms with E-state index in [0.717, 1.165) is 43.7 Å². The number of hydrogen-bond donors (Lipinski definition) is 1. The molecule has 1 saturated carbocycles. The van der Waals surface area contributed by atoms with Crippen LogP contribution in [0, 0.1) is 5.92 Å². The Morgan fingerprint density at radius 3 is 2.74 bits per heavy atom. The normalized spacial score (nSPS) is 19.6. The molecule has 4 heteroatoms. The average molecular weight is 262 g/mol. The number of aromatic carboxylic acids is 1. The predicted molar refractivity (Wildman–Crippen MR) is 72.4 cm³/mol. The van der Waals surface area contributed by atoms with Gasteiger partial charge in [-0.3, -0.25) is 4.68 Å². The van der Waals surface area contributed by atoms with E-state index in [2.05, 4.69) is 5.10 Å². The van der Waals surface area contributed by atoms with Gasteiger partial charge in [0, 0.05) is 17.8 Å². The molecule has 2 aliphatic carbocycles. The van der Waals surface area contributed by atoms with E-state index in [-0.39, 0.29) is 0 Å². The summed E-state index contributed by atoms with van der Waals surface area (Å²) in [5.74, 6) is -0.0437. The maximum atomic E-state index is 11.2. The fourth-order valence-corrected chi connectivity index (χ4v) is 3.65. The number of carbonyl (C=O) groups is 1. The average Bonchev–Trinajstić information content (AvgIpc) is 2.99. The van der Waals surface area contributed by atoms with Crippen molar-refractivity contribution in [2.24, 2.45) is 5.92 Å². The predicted octanol–water partition coefficient (Wildman–Crippen LogP) is 3.04. The van der Waals surface area contributed by atoms with Gasteiger partial charge < -0.3 is 5.11 Å². The van der Waals surface area contributed by atoms with E-state index in [1.165, 1.54) is 37.8 Å². The molecule has 0 radical (unpaired) electrons. The number of fused-ring (bicyclic) bond motifs is 1. The maximum Gasteiger partial charge on any atom is 0.356 e. The molecule has 1 N–H and O–H groups in total. The van der Waals surface area contributed by atoms with E-state index in [9.17, 15) is 9.90 Å². The van der Waals surface area contributed by atoms with Crippen molar-refractivity contribution in [1.82, 2.24) is 9.78 Å². The van der Waals surface area contributed by atoms with Crippen LogP contribution in [0.1, 0.15) is 66.7 Å². The molecule has 0 aliphatic heterocycles. The van der Waals surface area contributed by atoms with E-state index in [1.54, 1.807) is 0 Å². The highest BCUT2D eigenvalue weighted by Crippen LogP contribution is 2.29. The third-order valence-corrected chi connectivity index (χ3v) is 4.68. The first-order valence-corrected chi connectivity index (χ1v) is 7.57. The molecule has 0 aromatic carbocycles. The largest absolute Gasteiger partial charge is 0.476 e. The molecule has 0 spiro atoms. The van der Waals surface area contributed by atoms with Crippen LogP contribution in [0.15, 0.2) is 0 Å². The molecule has 3 rings (SSSR count). The summed E-state index contributed by atoms with van der Waals surface area (Å²) in [5.41, 5.74) is 2.49. The zero-order chi connectivity index (χ0) is 13.2. The van der Waals surface area contributed by atoms with Gasteiger partial charge >= 0.3 is 5.97 Å². The number of aryl methyl sites for hydroxylation is 1. The van der Waals surface area contributed by atoms with Gasteiger partial charge in [0.2, 0.25) is 0 Å². The fraction of sp³-hybridized carbons (Fsp3) is 0.733. The SMILES string of the molecule is O=C(O)c1nn(CCC2CCCCC2)c2c1CCC2. The van der Waals surface area contributed by atoms with Gasteiger partial charge in [-0.25, -0.2) is 4.79 Å². The van der Waals surface area contributed by atoms with Crippen LogP contribution in [0.3, 0.4) is 0 Å². The van der Waals surface area contributed by atoms with Gasteiger partial charge in [-0.05, 0) is 31.6 Å². The third kappa shape index (κ3) is 2.53. The zero-order valence-corrected chi connectivity index (χ0v) is 11.4. The van der Waals surface area contributed by atoms with E-state index in [1.807, 2.05) is 4.68 Å². The van der Waals surface area contributed by atoms with Crippen LogP contribution in [-0.2, 0) is 19.4 Å². The number of nitrogens with zero attached hydrogens (tertiary/aromatic N) is 2. The molecule has 1 heterocycles. The minimum atomic E-state index is -0.866. The lowest BCUT2D eigenvalue weighted by Gasteiger charge is -2.21. The molecule has 0 bridgehead atoms. The van der Waals surface area contributed by atoms with E-state index < -0.39 is 5.97 Å². The molecular weight excluding hydrogens is 240 g/mol. The number of aromatic nitrogens is 2. The Morgan fingerprint density at radius 2 is 2.00 bits per heavy atom. The number of carboxylic acids is 1. The van der Waals surface area contributed by atoms with Gasteiger partial charge in [0.1, 0.15) is 0 Å². The van der Waals surface area contributed by atoms with Crippen molar-refractivity contribution in [3.63, 3.8) is 0 Å². The molecule has 0 atom stereocenters. The van der Waals surface area contributed by atoms with Crippen LogP contribution in [0.5, 0.6) is 0 Å². The van der Waals surface area contributed by atoms with Crippen LogP contribution in [0.2, 0.25) is 0 Å². The highest BCUT2D eigenvalue weighted by Gasteiger charge is 2.26. The van der Waals surface area contributed by atoms with Gasteiger partial charge in [-0.15, -0.1) is 0 Å². The van der Waals surface area contributed by atoms with E-state index >= 15 is 0 Å². The van der Waals surface area contributed by atoms with Gasteiger partial charge in [0.05, 0.1) is 0 Å². The van der Waals surface area contributed by atoms with Crippen molar-refractivity contribution in [3.8, 4) is 0 Å². The summed E-state index contributed by atoms with van der Waals surface area (Å²) in [7, 11) is 0. The standard InChI is InChI=1S/C15H22N2O2/c18-15(19)14-12-7-4-8-13(12)17(16-14)10-9-11-5-2-1-3-6-11/h11H,1-10H2,(H,18,19). The Balaban J connectivity index is 1.70. The van der Waals surface area contributed by atoms with Crippen molar-refractivity contribution < 1.29 is 9.90 Å². The van der Waals surface area contributed by atoms with Gasteiger partial charge in [0.15, 0.2) is 5.69 Å². The Hall–Kier alpha value is -1.32. The molecule has 0 amide bonds. The highest BCUT2D eigenvalue weighted by molar-refractivity contribution is 5.87. The summed E-state index contributed by atoms with van der Waals surface area (Å²) in [4.78, 5) is 11.2. The van der Waals surface area contributed by atoms with Crippen LogP contribution in [-0.4, -0.2) is 20.9 Å². The summed E-state index contributed by atoms with van der Waals surface area (Å²) in [6, 6.07) is 0. The van der Waals surface area contributed by atoms with Crippen molar-refractivity contribution in [2.75, 3.05) is 0 Å². The lowest BCUT2D eigenvalue weighted by molar-refractivity contribution is 0.0688. The molecule has 1 aromatic heterocycles. The summed E-state index contributed by atoms with van der Waals surface area (Å²) in [6.07, 6.45) is 10.9. The second-order valence-corrected chi connectivity index (χ2v) is 5.95. The van der Waals surface area contributed by atoms with Crippen molar-refractivity contribution in [3.05, 3.63) is 17.0 Å². The Bertz CT molecular complexity index is 473. The molecule has 104 valence electrons. The molecule has 0 unspecified atom stereocenters. The van der Waals surface area contributed by atoms with Crippen molar-refractivity contribution >= 4 is 5.97 Å². The number of hydrogen-bond acceptors (Lipinski definition) is 2. The topological polar surface area (TPSA) is 55.1 Å². The molecule has 4 nitrogen and oxygen atoms in total. The molecule has 0 saturated heterocycles. The minimum absolute atomic E-state index is 0.302. The lowest BCUT2D eigenvalue weighted by atomic mass is 9.87.